The number of hydrogen-bond acceptors (Lipinski definition) is 3. The summed E-state index contributed by atoms with van der Waals surface area (Å²) in [4.78, 5) is 15.7. The fraction of sp³-hybridized carbons (Fsp3) is 0.143. The highest BCUT2D eigenvalue weighted by Gasteiger charge is 2.16. The van der Waals surface area contributed by atoms with E-state index in [1.54, 1.807) is 42.6 Å². The summed E-state index contributed by atoms with van der Waals surface area (Å²) in [7, 11) is 0. The largest absolute Gasteiger partial charge is 0.378 e. The van der Waals surface area contributed by atoms with E-state index in [2.05, 4.69) is 10.3 Å². The highest BCUT2D eigenvalue weighted by Crippen LogP contribution is 2.12. The molecule has 0 aliphatic carbocycles. The predicted octanol–water partition coefficient (Wildman–Crippen LogP) is 2.08. The summed E-state index contributed by atoms with van der Waals surface area (Å²) in [6.07, 6.45) is 0.416. The van der Waals surface area contributed by atoms with Gasteiger partial charge in [-0.1, -0.05) is 48.0 Å². The minimum atomic E-state index is -1.17. The van der Waals surface area contributed by atoms with Gasteiger partial charge in [-0.15, -0.1) is 0 Å². The zero-order chi connectivity index (χ0) is 13.7. The zero-order valence-electron chi connectivity index (χ0n) is 10.1. The van der Waals surface area contributed by atoms with Crippen molar-refractivity contribution in [3.63, 3.8) is 0 Å². The van der Waals surface area contributed by atoms with Crippen molar-refractivity contribution in [1.29, 1.82) is 0 Å². The van der Waals surface area contributed by atoms with Gasteiger partial charge in [0.2, 0.25) is 0 Å². The first kappa shape index (κ1) is 13.5. The second-order valence-electron chi connectivity index (χ2n) is 4.02. The molecule has 1 atom stereocenters. The summed E-state index contributed by atoms with van der Waals surface area (Å²) < 4.78 is 0. The third kappa shape index (κ3) is 3.77. The molecule has 0 bridgehead atoms. The minimum Gasteiger partial charge on any atom is -0.378 e. The number of hydrogen-bond donors (Lipinski definition) is 2. The number of aliphatic hydroxyl groups excluding tert-OH is 1. The second-order valence-corrected chi connectivity index (χ2v) is 4.41. The van der Waals surface area contributed by atoms with Crippen molar-refractivity contribution in [3.8, 4) is 0 Å². The van der Waals surface area contributed by atoms with E-state index in [1.807, 2.05) is 6.07 Å². The second kappa shape index (κ2) is 6.31. The lowest BCUT2D eigenvalue weighted by Crippen LogP contribution is -2.28. The molecule has 0 spiro atoms. The average Bonchev–Trinajstić information content (AvgIpc) is 2.46. The van der Waals surface area contributed by atoms with E-state index in [1.165, 1.54) is 0 Å². The minimum absolute atomic E-state index is 0.299. The van der Waals surface area contributed by atoms with Gasteiger partial charge in [0.05, 0.1) is 0 Å². The van der Waals surface area contributed by atoms with E-state index in [9.17, 15) is 9.90 Å². The molecule has 0 aliphatic heterocycles. The van der Waals surface area contributed by atoms with E-state index in [4.69, 9.17) is 11.6 Å². The van der Waals surface area contributed by atoms with E-state index < -0.39 is 12.0 Å². The van der Waals surface area contributed by atoms with Crippen LogP contribution >= 0.6 is 11.6 Å². The number of carbonyl (C=O) groups excluding carboxylic acids is 1. The molecule has 1 unspecified atom stereocenters. The zero-order valence-corrected chi connectivity index (χ0v) is 10.8. The molecule has 0 saturated heterocycles. The predicted molar refractivity (Wildman–Crippen MR) is 72.5 cm³/mol. The molecule has 19 heavy (non-hydrogen) atoms. The van der Waals surface area contributed by atoms with Crippen LogP contribution in [0.25, 0.3) is 0 Å². The van der Waals surface area contributed by atoms with Crippen LogP contribution in [0.2, 0.25) is 5.15 Å². The van der Waals surface area contributed by atoms with Gasteiger partial charge < -0.3 is 10.4 Å². The summed E-state index contributed by atoms with van der Waals surface area (Å²) >= 11 is 5.67. The maximum Gasteiger partial charge on any atom is 0.253 e. The Kier molecular flexibility index (Phi) is 4.49. The fourth-order valence-corrected chi connectivity index (χ4v) is 1.70. The molecule has 5 heteroatoms. The Morgan fingerprint density at radius 3 is 2.63 bits per heavy atom. The molecule has 1 aromatic carbocycles. The molecular weight excluding hydrogens is 264 g/mol. The Hall–Kier alpha value is -1.91. The maximum absolute atomic E-state index is 11.8. The number of nitrogens with zero attached hydrogens (tertiary/aromatic N) is 1. The highest BCUT2D eigenvalue weighted by atomic mass is 35.5. The summed E-state index contributed by atoms with van der Waals surface area (Å²) in [5.74, 6) is -0.443. The number of amides is 1. The van der Waals surface area contributed by atoms with E-state index in [0.29, 0.717) is 17.3 Å². The van der Waals surface area contributed by atoms with E-state index in [0.717, 1.165) is 5.56 Å². The molecule has 0 radical (unpaired) electrons. The number of carbonyl (C=O) groups is 1. The quantitative estimate of drug-likeness (QED) is 0.841. The number of benzene rings is 1. The number of rotatable bonds is 4. The molecule has 1 amide bonds. The van der Waals surface area contributed by atoms with Gasteiger partial charge in [0.25, 0.3) is 5.91 Å². The third-order valence-electron chi connectivity index (χ3n) is 2.62. The number of halogens is 1. The number of pyridine rings is 1. The van der Waals surface area contributed by atoms with Gasteiger partial charge in [-0.2, -0.15) is 0 Å². The molecule has 1 heterocycles. The van der Waals surface area contributed by atoms with Crippen molar-refractivity contribution < 1.29 is 9.90 Å². The van der Waals surface area contributed by atoms with Crippen LogP contribution < -0.4 is 5.32 Å². The van der Waals surface area contributed by atoms with Gasteiger partial charge in [-0.3, -0.25) is 4.79 Å². The number of nitrogens with one attached hydrogen (secondary N) is 1. The van der Waals surface area contributed by atoms with Gasteiger partial charge in [0, 0.05) is 12.7 Å². The lowest BCUT2D eigenvalue weighted by atomic mass is 10.1. The molecule has 0 fully saturated rings. The molecule has 1 aromatic heterocycles. The standard InChI is InChI=1S/C14H13ClN2O2/c15-12-7-6-10(8-16-12)9-17-14(19)13(18)11-4-2-1-3-5-11/h1-8,13,18H,9H2,(H,17,19). The van der Waals surface area contributed by atoms with Crippen LogP contribution in [0.4, 0.5) is 0 Å². The van der Waals surface area contributed by atoms with Gasteiger partial charge in [-0.05, 0) is 17.2 Å². The van der Waals surface area contributed by atoms with Gasteiger partial charge >= 0.3 is 0 Å². The third-order valence-corrected chi connectivity index (χ3v) is 2.84. The van der Waals surface area contributed by atoms with Crippen LogP contribution in [0.5, 0.6) is 0 Å². The SMILES string of the molecule is O=C(NCc1ccc(Cl)nc1)C(O)c1ccccc1. The summed E-state index contributed by atoms with van der Waals surface area (Å²) in [6, 6.07) is 12.2. The van der Waals surface area contributed by atoms with Crippen molar-refractivity contribution in [2.24, 2.45) is 0 Å². The fourth-order valence-electron chi connectivity index (χ4n) is 1.58. The average molecular weight is 277 g/mol. The smallest absolute Gasteiger partial charge is 0.253 e. The summed E-state index contributed by atoms with van der Waals surface area (Å²) in [6.45, 7) is 0.299. The lowest BCUT2D eigenvalue weighted by Gasteiger charge is -2.11. The monoisotopic (exact) mass is 276 g/mol. The van der Waals surface area contributed by atoms with Crippen LogP contribution in [0, 0.1) is 0 Å². The molecule has 4 nitrogen and oxygen atoms in total. The van der Waals surface area contributed by atoms with Crippen LogP contribution in [0.1, 0.15) is 17.2 Å². The molecule has 2 N–H and O–H groups in total. The molecule has 0 saturated carbocycles. The van der Waals surface area contributed by atoms with Crippen molar-refractivity contribution in [3.05, 3.63) is 64.9 Å². The van der Waals surface area contributed by atoms with Crippen molar-refractivity contribution >= 4 is 17.5 Å². The van der Waals surface area contributed by atoms with Crippen LogP contribution in [-0.4, -0.2) is 16.0 Å². The Labute approximate surface area is 116 Å². The normalized spacial score (nSPS) is 11.9. The van der Waals surface area contributed by atoms with Gasteiger partial charge in [-0.25, -0.2) is 4.98 Å². The topological polar surface area (TPSA) is 62.2 Å². The Morgan fingerprint density at radius 1 is 1.26 bits per heavy atom. The van der Waals surface area contributed by atoms with Crippen molar-refractivity contribution in [1.82, 2.24) is 10.3 Å². The first-order chi connectivity index (χ1) is 9.16. The highest BCUT2D eigenvalue weighted by molar-refractivity contribution is 6.29. The Balaban J connectivity index is 1.93. The van der Waals surface area contributed by atoms with Crippen molar-refractivity contribution in [2.45, 2.75) is 12.6 Å². The molecule has 98 valence electrons. The van der Waals surface area contributed by atoms with Crippen LogP contribution in [0.15, 0.2) is 48.7 Å². The lowest BCUT2D eigenvalue weighted by molar-refractivity contribution is -0.129. The van der Waals surface area contributed by atoms with Crippen LogP contribution in [-0.2, 0) is 11.3 Å². The summed E-state index contributed by atoms with van der Waals surface area (Å²) in [5, 5.41) is 12.9. The Morgan fingerprint density at radius 2 is 2.00 bits per heavy atom. The number of aromatic nitrogens is 1. The molecule has 2 rings (SSSR count). The molecule has 0 aliphatic rings. The first-order valence-electron chi connectivity index (χ1n) is 5.78. The summed E-state index contributed by atoms with van der Waals surface area (Å²) in [5.41, 5.74) is 1.38. The Bertz CT molecular complexity index is 543. The van der Waals surface area contributed by atoms with Crippen molar-refractivity contribution in [2.75, 3.05) is 0 Å². The van der Waals surface area contributed by atoms with Gasteiger partial charge in [0.15, 0.2) is 6.10 Å². The van der Waals surface area contributed by atoms with E-state index in [-0.39, 0.29) is 0 Å². The van der Waals surface area contributed by atoms with Crippen LogP contribution in [0.3, 0.4) is 0 Å². The maximum atomic E-state index is 11.8. The number of aliphatic hydroxyl groups is 1. The molecule has 2 aromatic rings. The van der Waals surface area contributed by atoms with E-state index >= 15 is 0 Å². The first-order valence-corrected chi connectivity index (χ1v) is 6.16. The van der Waals surface area contributed by atoms with Gasteiger partial charge in [0.1, 0.15) is 5.15 Å². The molecular formula is C14H13ClN2O2.